The van der Waals surface area contributed by atoms with Crippen LogP contribution in [0.1, 0.15) is 97.5 Å². The number of nitrogens with one attached hydrogen (secondary N) is 1. The lowest BCUT2D eigenvalue weighted by atomic mass is 9.87. The van der Waals surface area contributed by atoms with Crippen molar-refractivity contribution in [1.29, 1.82) is 0 Å². The first-order valence-electron chi connectivity index (χ1n) is 18.7. The minimum atomic E-state index is -4.76. The van der Waals surface area contributed by atoms with Crippen LogP contribution in [0.4, 0.5) is 17.6 Å². The van der Waals surface area contributed by atoms with E-state index < -0.39 is 41.3 Å². The Labute approximate surface area is 308 Å². The number of rotatable bonds is 13. The molecule has 0 bridgehead atoms. The minimum Gasteiger partial charge on any atom is -0.466 e. The van der Waals surface area contributed by atoms with Gasteiger partial charge < -0.3 is 24.3 Å². The maximum atomic E-state index is 14.4. The van der Waals surface area contributed by atoms with Crippen LogP contribution in [0.3, 0.4) is 0 Å². The second kappa shape index (κ2) is 17.4. The molecular weight excluding hydrogens is 690 g/mol. The lowest BCUT2D eigenvalue weighted by molar-refractivity contribution is -0.144. The van der Waals surface area contributed by atoms with Gasteiger partial charge in [-0.2, -0.15) is 13.2 Å². The number of pyridine rings is 1. The third kappa shape index (κ3) is 9.94. The summed E-state index contributed by atoms with van der Waals surface area (Å²) in [7, 11) is 0. The van der Waals surface area contributed by atoms with Crippen LogP contribution < -0.4 is 10.9 Å². The van der Waals surface area contributed by atoms with E-state index in [-0.39, 0.29) is 43.2 Å². The molecule has 2 unspecified atom stereocenters. The van der Waals surface area contributed by atoms with Gasteiger partial charge in [0, 0.05) is 38.5 Å². The molecule has 5 rings (SSSR count). The molecule has 2 heterocycles. The number of amides is 1. The van der Waals surface area contributed by atoms with Gasteiger partial charge in [-0.05, 0) is 128 Å². The van der Waals surface area contributed by atoms with Crippen LogP contribution in [0.25, 0.3) is 11.1 Å². The summed E-state index contributed by atoms with van der Waals surface area (Å²) in [5.74, 6) is -1.58. The highest BCUT2D eigenvalue weighted by atomic mass is 19.4. The van der Waals surface area contributed by atoms with E-state index in [0.717, 1.165) is 63.6 Å². The fourth-order valence-electron chi connectivity index (χ4n) is 7.79. The maximum absolute atomic E-state index is 14.4. The number of nitrogens with zero attached hydrogens (tertiary/aromatic N) is 2. The zero-order chi connectivity index (χ0) is 38.4. The highest BCUT2D eigenvalue weighted by molar-refractivity contribution is 5.82. The van der Waals surface area contributed by atoms with E-state index in [2.05, 4.69) is 5.32 Å². The molecule has 2 aliphatic rings. The summed E-state index contributed by atoms with van der Waals surface area (Å²) in [6.07, 6.45) is -0.280. The standard InChI is InChI=1S/C41H51F4N3O5/c1-6-53-38(50)23-35(30-20-28-9-7-10-32(28)33(21-30)39-26(4)18-31(42)19-27(39)5)46-40(51)36(17-25(2)3)48-24-29(34(22-37(48)49)41(43,44)45)11-13-47-12-8-15-52-16-14-47/h18-22,24-25,35-36H,6-17,23H2,1-5H3,(H,46,51). The van der Waals surface area contributed by atoms with Crippen molar-refractivity contribution >= 4 is 11.9 Å². The van der Waals surface area contributed by atoms with Gasteiger partial charge in [0.1, 0.15) is 11.9 Å². The number of aryl methyl sites for hydroxylation is 3. The summed E-state index contributed by atoms with van der Waals surface area (Å²) >= 11 is 0. The normalized spacial score (nSPS) is 16.3. The average Bonchev–Trinajstić information content (AvgIpc) is 3.40. The van der Waals surface area contributed by atoms with E-state index in [1.807, 2.05) is 44.7 Å². The fraction of sp³-hybridized carbons (Fsp3) is 0.537. The molecule has 8 nitrogen and oxygen atoms in total. The van der Waals surface area contributed by atoms with Crippen molar-refractivity contribution in [2.24, 2.45) is 5.92 Å². The van der Waals surface area contributed by atoms with E-state index >= 15 is 0 Å². The number of halogens is 4. The zero-order valence-electron chi connectivity index (χ0n) is 31.3. The summed E-state index contributed by atoms with van der Waals surface area (Å²) in [6.45, 7) is 12.0. The Hall–Kier alpha value is -4.03. The molecule has 1 aliphatic carbocycles. The van der Waals surface area contributed by atoms with Crippen molar-refractivity contribution in [1.82, 2.24) is 14.8 Å². The zero-order valence-corrected chi connectivity index (χ0v) is 31.3. The first kappa shape index (κ1) is 40.2. The number of carbonyl (C=O) groups is 2. The summed E-state index contributed by atoms with van der Waals surface area (Å²) in [6, 6.07) is 5.46. The molecule has 288 valence electrons. The molecule has 0 spiro atoms. The predicted molar refractivity (Wildman–Crippen MR) is 195 cm³/mol. The molecule has 3 aromatic rings. The third-order valence-electron chi connectivity index (χ3n) is 10.2. The van der Waals surface area contributed by atoms with Gasteiger partial charge in [-0.25, -0.2) is 4.39 Å². The smallest absolute Gasteiger partial charge is 0.416 e. The van der Waals surface area contributed by atoms with Gasteiger partial charge in [-0.15, -0.1) is 0 Å². The van der Waals surface area contributed by atoms with Crippen molar-refractivity contribution in [2.45, 2.75) is 97.8 Å². The molecular formula is C41H51F4N3O5. The molecule has 2 aromatic carbocycles. The monoisotopic (exact) mass is 741 g/mol. The number of ether oxygens (including phenoxy) is 2. The second-order valence-electron chi connectivity index (χ2n) is 14.7. The molecule has 12 heteroatoms. The Morgan fingerprint density at radius 2 is 1.74 bits per heavy atom. The number of esters is 1. The van der Waals surface area contributed by atoms with E-state index in [9.17, 15) is 31.9 Å². The highest BCUT2D eigenvalue weighted by Gasteiger charge is 2.36. The van der Waals surface area contributed by atoms with Gasteiger partial charge in [0.2, 0.25) is 5.91 Å². The maximum Gasteiger partial charge on any atom is 0.416 e. The number of hydrogen-bond donors (Lipinski definition) is 1. The topological polar surface area (TPSA) is 89.9 Å². The molecule has 53 heavy (non-hydrogen) atoms. The van der Waals surface area contributed by atoms with Crippen LogP contribution in [-0.2, 0) is 44.5 Å². The Balaban J connectivity index is 1.55. The highest BCUT2D eigenvalue weighted by Crippen LogP contribution is 2.39. The van der Waals surface area contributed by atoms with Crippen LogP contribution in [0.5, 0.6) is 0 Å². The van der Waals surface area contributed by atoms with Gasteiger partial charge in [0.25, 0.3) is 5.56 Å². The summed E-state index contributed by atoms with van der Waals surface area (Å²) < 4.78 is 69.2. The summed E-state index contributed by atoms with van der Waals surface area (Å²) in [4.78, 5) is 43.0. The van der Waals surface area contributed by atoms with Crippen LogP contribution in [0, 0.1) is 25.6 Å². The first-order chi connectivity index (χ1) is 25.2. The number of benzene rings is 2. The Bertz CT molecular complexity index is 1820. The van der Waals surface area contributed by atoms with Crippen LogP contribution in [-0.4, -0.2) is 60.8 Å². The quantitative estimate of drug-likeness (QED) is 0.145. The van der Waals surface area contributed by atoms with Crippen molar-refractivity contribution in [3.63, 3.8) is 0 Å². The Morgan fingerprint density at radius 1 is 1.00 bits per heavy atom. The molecule has 2 atom stereocenters. The van der Waals surface area contributed by atoms with Crippen LogP contribution >= 0.6 is 0 Å². The SMILES string of the molecule is CCOC(=O)CC(NC(=O)C(CC(C)C)n1cc(CCN2CCCOCC2)c(C(F)(F)F)cc1=O)c1cc2c(c(-c3c(C)cc(F)cc3C)c1)CCC2. The number of aromatic nitrogens is 1. The van der Waals surface area contributed by atoms with Crippen LogP contribution in [0.2, 0.25) is 0 Å². The van der Waals surface area contributed by atoms with Gasteiger partial charge in [-0.1, -0.05) is 19.9 Å². The van der Waals surface area contributed by atoms with E-state index in [4.69, 9.17) is 9.47 Å². The molecule has 0 saturated carbocycles. The van der Waals surface area contributed by atoms with Gasteiger partial charge in [0.15, 0.2) is 0 Å². The Kier molecular flexibility index (Phi) is 13.2. The molecule has 1 fully saturated rings. The summed E-state index contributed by atoms with van der Waals surface area (Å²) in [5.41, 5.74) is 4.17. The van der Waals surface area contributed by atoms with Crippen molar-refractivity contribution in [2.75, 3.05) is 39.5 Å². The van der Waals surface area contributed by atoms with Gasteiger partial charge >= 0.3 is 12.1 Å². The molecule has 0 radical (unpaired) electrons. The largest absolute Gasteiger partial charge is 0.466 e. The van der Waals surface area contributed by atoms with E-state index in [0.29, 0.717) is 44.5 Å². The Morgan fingerprint density at radius 3 is 2.42 bits per heavy atom. The number of hydrogen-bond acceptors (Lipinski definition) is 6. The average molecular weight is 742 g/mol. The molecule has 1 aromatic heterocycles. The predicted octanol–water partition coefficient (Wildman–Crippen LogP) is 7.44. The van der Waals surface area contributed by atoms with Crippen LogP contribution in [0.15, 0.2) is 41.3 Å². The third-order valence-corrected chi connectivity index (χ3v) is 10.2. The molecule has 1 aliphatic heterocycles. The molecule has 1 saturated heterocycles. The second-order valence-corrected chi connectivity index (χ2v) is 14.7. The van der Waals surface area contributed by atoms with Crippen molar-refractivity contribution < 1.29 is 36.6 Å². The number of fused-ring (bicyclic) bond motifs is 1. The first-order valence-corrected chi connectivity index (χ1v) is 18.7. The van der Waals surface area contributed by atoms with Gasteiger partial charge in [-0.3, -0.25) is 14.4 Å². The van der Waals surface area contributed by atoms with Crippen molar-refractivity contribution in [3.05, 3.63) is 91.6 Å². The lowest BCUT2D eigenvalue weighted by Gasteiger charge is -2.27. The fourth-order valence-corrected chi connectivity index (χ4v) is 7.79. The van der Waals surface area contributed by atoms with E-state index in [1.165, 1.54) is 18.3 Å². The lowest BCUT2D eigenvalue weighted by Crippen LogP contribution is -2.41. The molecule has 1 N–H and O–H groups in total. The minimum absolute atomic E-state index is 0.0245. The summed E-state index contributed by atoms with van der Waals surface area (Å²) in [5, 5.41) is 3.01. The molecule has 1 amide bonds. The number of alkyl halides is 3. The van der Waals surface area contributed by atoms with Crippen molar-refractivity contribution in [3.8, 4) is 11.1 Å². The van der Waals surface area contributed by atoms with E-state index in [1.54, 1.807) is 6.92 Å². The number of carbonyl (C=O) groups excluding carboxylic acids is 2. The van der Waals surface area contributed by atoms with Gasteiger partial charge in [0.05, 0.1) is 31.2 Å².